The van der Waals surface area contributed by atoms with Gasteiger partial charge in [-0.1, -0.05) is 43.7 Å². The van der Waals surface area contributed by atoms with Crippen LogP contribution in [0.15, 0.2) is 36.4 Å². The van der Waals surface area contributed by atoms with Gasteiger partial charge in [0.1, 0.15) is 0 Å². The molecule has 3 nitrogen and oxygen atoms in total. The molecular formula is C21H28N2OS. The lowest BCUT2D eigenvalue weighted by atomic mass is 10.1. The minimum atomic E-state index is 0.219. The van der Waals surface area contributed by atoms with Crippen molar-refractivity contribution in [2.75, 3.05) is 26.2 Å². The summed E-state index contributed by atoms with van der Waals surface area (Å²) in [4.78, 5) is 19.6. The zero-order valence-corrected chi connectivity index (χ0v) is 16.1. The highest BCUT2D eigenvalue weighted by Gasteiger charge is 2.22. The molecule has 0 bridgehead atoms. The standard InChI is InChI=1S/C21H28N2OS/c1-3-8-19-15-20(25-17(19)2)21(24)23-12-7-11-22(13-14-23)16-18-9-5-4-6-10-18/h4-6,9-10,15H,3,7-8,11-14,16H2,1-2H3. The lowest BCUT2D eigenvalue weighted by Gasteiger charge is -2.21. The molecule has 0 spiro atoms. The molecule has 0 N–H and O–H groups in total. The normalized spacial score (nSPS) is 16.0. The van der Waals surface area contributed by atoms with Gasteiger partial charge >= 0.3 is 0 Å². The number of thiophene rings is 1. The summed E-state index contributed by atoms with van der Waals surface area (Å²) in [7, 11) is 0. The second-order valence-corrected chi connectivity index (χ2v) is 8.11. The quantitative estimate of drug-likeness (QED) is 0.795. The van der Waals surface area contributed by atoms with E-state index in [1.165, 1.54) is 16.0 Å². The number of carbonyl (C=O) groups is 1. The summed E-state index contributed by atoms with van der Waals surface area (Å²) in [6, 6.07) is 12.7. The molecule has 1 aromatic heterocycles. The van der Waals surface area contributed by atoms with Crippen LogP contribution >= 0.6 is 11.3 Å². The Balaban J connectivity index is 1.60. The number of amides is 1. The van der Waals surface area contributed by atoms with Gasteiger partial charge < -0.3 is 4.90 Å². The fraction of sp³-hybridized carbons (Fsp3) is 0.476. The van der Waals surface area contributed by atoms with E-state index in [0.717, 1.165) is 56.9 Å². The number of carbonyl (C=O) groups excluding carboxylic acids is 1. The van der Waals surface area contributed by atoms with Crippen LogP contribution in [0.3, 0.4) is 0 Å². The molecule has 1 fully saturated rings. The molecule has 0 radical (unpaired) electrons. The maximum Gasteiger partial charge on any atom is 0.263 e. The Labute approximate surface area is 155 Å². The van der Waals surface area contributed by atoms with Crippen molar-refractivity contribution in [3.05, 3.63) is 57.3 Å². The molecule has 0 aliphatic carbocycles. The van der Waals surface area contributed by atoms with Crippen LogP contribution in [0.1, 0.15) is 45.4 Å². The minimum Gasteiger partial charge on any atom is -0.337 e. The highest BCUT2D eigenvalue weighted by Crippen LogP contribution is 2.24. The molecule has 1 aliphatic heterocycles. The van der Waals surface area contributed by atoms with Gasteiger partial charge in [-0.3, -0.25) is 9.69 Å². The third-order valence-electron chi connectivity index (χ3n) is 4.88. The molecule has 4 heteroatoms. The molecule has 1 amide bonds. The Bertz CT molecular complexity index is 695. The summed E-state index contributed by atoms with van der Waals surface area (Å²) in [5.74, 6) is 0.219. The highest BCUT2D eigenvalue weighted by molar-refractivity contribution is 7.14. The van der Waals surface area contributed by atoms with Gasteiger partial charge in [0.15, 0.2) is 0 Å². The van der Waals surface area contributed by atoms with Crippen molar-refractivity contribution >= 4 is 17.2 Å². The Hall–Kier alpha value is -1.65. The van der Waals surface area contributed by atoms with Crippen LogP contribution in [-0.4, -0.2) is 41.9 Å². The third kappa shape index (κ3) is 4.71. The van der Waals surface area contributed by atoms with Crippen LogP contribution in [0.4, 0.5) is 0 Å². The number of rotatable bonds is 5. The fourth-order valence-corrected chi connectivity index (χ4v) is 4.51. The molecule has 3 rings (SSSR count). The van der Waals surface area contributed by atoms with Crippen molar-refractivity contribution in [2.24, 2.45) is 0 Å². The minimum absolute atomic E-state index is 0.219. The Morgan fingerprint density at radius 2 is 1.92 bits per heavy atom. The number of hydrogen-bond donors (Lipinski definition) is 0. The van der Waals surface area contributed by atoms with E-state index >= 15 is 0 Å². The van der Waals surface area contributed by atoms with Gasteiger partial charge in [-0.2, -0.15) is 0 Å². The summed E-state index contributed by atoms with van der Waals surface area (Å²) in [6.45, 7) is 9.00. The predicted molar refractivity (Wildman–Crippen MR) is 105 cm³/mol. The molecular weight excluding hydrogens is 328 g/mol. The second kappa shape index (κ2) is 8.63. The Kier molecular flexibility index (Phi) is 6.27. The van der Waals surface area contributed by atoms with Crippen LogP contribution < -0.4 is 0 Å². The highest BCUT2D eigenvalue weighted by atomic mass is 32.1. The molecule has 2 aromatic rings. The molecule has 134 valence electrons. The Morgan fingerprint density at radius 3 is 2.68 bits per heavy atom. The molecule has 2 heterocycles. The van der Waals surface area contributed by atoms with Crippen molar-refractivity contribution < 1.29 is 4.79 Å². The van der Waals surface area contributed by atoms with E-state index in [1.54, 1.807) is 11.3 Å². The molecule has 1 aromatic carbocycles. The first-order valence-electron chi connectivity index (χ1n) is 9.32. The summed E-state index contributed by atoms with van der Waals surface area (Å²) >= 11 is 1.66. The first-order chi connectivity index (χ1) is 12.2. The largest absolute Gasteiger partial charge is 0.337 e. The van der Waals surface area contributed by atoms with Crippen LogP contribution in [0.5, 0.6) is 0 Å². The maximum absolute atomic E-state index is 12.9. The van der Waals surface area contributed by atoms with Gasteiger partial charge in [-0.15, -0.1) is 11.3 Å². The Morgan fingerprint density at radius 1 is 1.12 bits per heavy atom. The van der Waals surface area contributed by atoms with Gasteiger partial charge in [0.2, 0.25) is 0 Å². The van der Waals surface area contributed by atoms with Gasteiger partial charge in [-0.25, -0.2) is 0 Å². The van der Waals surface area contributed by atoms with Crippen molar-refractivity contribution in [1.29, 1.82) is 0 Å². The summed E-state index contributed by atoms with van der Waals surface area (Å²) in [5, 5.41) is 0. The van der Waals surface area contributed by atoms with E-state index in [-0.39, 0.29) is 5.91 Å². The van der Waals surface area contributed by atoms with Crippen molar-refractivity contribution in [1.82, 2.24) is 9.80 Å². The summed E-state index contributed by atoms with van der Waals surface area (Å²) in [5.41, 5.74) is 2.69. The van der Waals surface area contributed by atoms with Crippen molar-refractivity contribution in [3.8, 4) is 0 Å². The van der Waals surface area contributed by atoms with Gasteiger partial charge in [-0.05, 0) is 37.0 Å². The molecule has 0 unspecified atom stereocenters. The van der Waals surface area contributed by atoms with E-state index in [2.05, 4.69) is 55.1 Å². The smallest absolute Gasteiger partial charge is 0.263 e. The van der Waals surface area contributed by atoms with Crippen LogP contribution in [-0.2, 0) is 13.0 Å². The van der Waals surface area contributed by atoms with Crippen LogP contribution in [0.2, 0.25) is 0 Å². The van der Waals surface area contributed by atoms with E-state index in [1.807, 2.05) is 4.90 Å². The maximum atomic E-state index is 12.9. The van der Waals surface area contributed by atoms with Crippen LogP contribution in [0, 0.1) is 6.92 Å². The lowest BCUT2D eigenvalue weighted by Crippen LogP contribution is -2.34. The fourth-order valence-electron chi connectivity index (χ4n) is 3.47. The second-order valence-electron chi connectivity index (χ2n) is 6.85. The van der Waals surface area contributed by atoms with Gasteiger partial charge in [0.25, 0.3) is 5.91 Å². The zero-order chi connectivity index (χ0) is 17.6. The summed E-state index contributed by atoms with van der Waals surface area (Å²) in [6.07, 6.45) is 3.24. The number of hydrogen-bond acceptors (Lipinski definition) is 3. The topological polar surface area (TPSA) is 23.6 Å². The molecule has 25 heavy (non-hydrogen) atoms. The first kappa shape index (κ1) is 18.2. The number of aryl methyl sites for hydroxylation is 2. The van der Waals surface area contributed by atoms with E-state index < -0.39 is 0 Å². The number of nitrogens with zero attached hydrogens (tertiary/aromatic N) is 2. The zero-order valence-electron chi connectivity index (χ0n) is 15.3. The average Bonchev–Trinajstić information content (AvgIpc) is 2.83. The monoisotopic (exact) mass is 356 g/mol. The molecule has 0 atom stereocenters. The molecule has 0 saturated carbocycles. The molecule has 1 saturated heterocycles. The summed E-state index contributed by atoms with van der Waals surface area (Å²) < 4.78 is 0. The first-order valence-corrected chi connectivity index (χ1v) is 10.1. The molecule has 1 aliphatic rings. The number of benzene rings is 1. The van der Waals surface area contributed by atoms with E-state index in [0.29, 0.717) is 0 Å². The third-order valence-corrected chi connectivity index (χ3v) is 5.96. The van der Waals surface area contributed by atoms with Crippen molar-refractivity contribution in [2.45, 2.75) is 39.7 Å². The van der Waals surface area contributed by atoms with E-state index in [4.69, 9.17) is 0 Å². The van der Waals surface area contributed by atoms with Crippen molar-refractivity contribution in [3.63, 3.8) is 0 Å². The lowest BCUT2D eigenvalue weighted by molar-refractivity contribution is 0.0766. The predicted octanol–water partition coefficient (Wildman–Crippen LogP) is 4.36. The van der Waals surface area contributed by atoms with Gasteiger partial charge in [0, 0.05) is 37.6 Å². The van der Waals surface area contributed by atoms with E-state index in [9.17, 15) is 4.79 Å². The SMILES string of the molecule is CCCc1cc(C(=O)N2CCCN(Cc3ccccc3)CC2)sc1C. The average molecular weight is 357 g/mol. The van der Waals surface area contributed by atoms with Gasteiger partial charge in [0.05, 0.1) is 4.88 Å². The van der Waals surface area contributed by atoms with Crippen LogP contribution in [0.25, 0.3) is 0 Å².